The number of ether oxygens (including phenoxy) is 2. The second-order valence-electron chi connectivity index (χ2n) is 2.73. The molecule has 0 aromatic carbocycles. The lowest BCUT2D eigenvalue weighted by Crippen LogP contribution is -2.08. The van der Waals surface area contributed by atoms with Gasteiger partial charge in [0.2, 0.25) is 0 Å². The van der Waals surface area contributed by atoms with E-state index in [1.807, 2.05) is 0 Å². The van der Waals surface area contributed by atoms with E-state index in [0.717, 1.165) is 0 Å². The van der Waals surface area contributed by atoms with Crippen molar-refractivity contribution >= 4 is 11.8 Å². The SMILES string of the molecule is COC(=O)c1c(N)n[nH]c1COCCO. The average Bonchev–Trinajstić information content (AvgIpc) is 2.59. The lowest BCUT2D eigenvalue weighted by atomic mass is 10.2. The van der Waals surface area contributed by atoms with E-state index in [2.05, 4.69) is 14.9 Å². The van der Waals surface area contributed by atoms with E-state index < -0.39 is 5.97 Å². The molecule has 0 aliphatic carbocycles. The average molecular weight is 215 g/mol. The molecular formula is C8H13N3O4. The van der Waals surface area contributed by atoms with Gasteiger partial charge in [-0.3, -0.25) is 5.10 Å². The summed E-state index contributed by atoms with van der Waals surface area (Å²) in [7, 11) is 1.26. The van der Waals surface area contributed by atoms with Crippen molar-refractivity contribution in [3.8, 4) is 0 Å². The summed E-state index contributed by atoms with van der Waals surface area (Å²) in [6.45, 7) is 0.214. The number of methoxy groups -OCH3 is 1. The Morgan fingerprint density at radius 3 is 3.00 bits per heavy atom. The zero-order valence-electron chi connectivity index (χ0n) is 8.32. The van der Waals surface area contributed by atoms with Crippen LogP contribution in [0.5, 0.6) is 0 Å². The van der Waals surface area contributed by atoms with Gasteiger partial charge in [0.25, 0.3) is 0 Å². The van der Waals surface area contributed by atoms with Crippen LogP contribution < -0.4 is 5.73 Å². The highest BCUT2D eigenvalue weighted by Gasteiger charge is 2.18. The Morgan fingerprint density at radius 1 is 1.67 bits per heavy atom. The van der Waals surface area contributed by atoms with E-state index in [1.165, 1.54) is 7.11 Å². The Bertz CT molecular complexity index is 337. The molecule has 0 amide bonds. The highest BCUT2D eigenvalue weighted by Crippen LogP contribution is 2.15. The Kier molecular flexibility index (Phi) is 4.07. The van der Waals surface area contributed by atoms with Crippen molar-refractivity contribution in [1.82, 2.24) is 10.2 Å². The number of rotatable bonds is 5. The number of esters is 1. The molecule has 0 atom stereocenters. The molecule has 4 N–H and O–H groups in total. The van der Waals surface area contributed by atoms with E-state index in [9.17, 15) is 4.79 Å². The fourth-order valence-electron chi connectivity index (χ4n) is 1.07. The van der Waals surface area contributed by atoms with Crippen LogP contribution in [-0.4, -0.2) is 41.6 Å². The van der Waals surface area contributed by atoms with Gasteiger partial charge in [0, 0.05) is 0 Å². The van der Waals surface area contributed by atoms with Crippen LogP contribution in [-0.2, 0) is 16.1 Å². The van der Waals surface area contributed by atoms with Crippen LogP contribution in [0.25, 0.3) is 0 Å². The molecule has 0 aliphatic rings. The minimum Gasteiger partial charge on any atom is -0.465 e. The number of aliphatic hydroxyl groups excluding tert-OH is 1. The molecule has 15 heavy (non-hydrogen) atoms. The predicted octanol–water partition coefficient (Wildman–Crippen LogP) is -0.713. The molecule has 0 saturated heterocycles. The Morgan fingerprint density at radius 2 is 2.40 bits per heavy atom. The van der Waals surface area contributed by atoms with E-state index in [0.29, 0.717) is 5.69 Å². The first kappa shape index (κ1) is 11.5. The summed E-state index contributed by atoms with van der Waals surface area (Å²) >= 11 is 0. The molecule has 84 valence electrons. The molecule has 0 aliphatic heterocycles. The number of hydrogen-bond donors (Lipinski definition) is 3. The van der Waals surface area contributed by atoms with Crippen LogP contribution in [0.1, 0.15) is 16.1 Å². The molecule has 0 bridgehead atoms. The van der Waals surface area contributed by atoms with Gasteiger partial charge in [-0.15, -0.1) is 0 Å². The molecule has 1 heterocycles. The first-order chi connectivity index (χ1) is 7.20. The number of hydrogen-bond acceptors (Lipinski definition) is 6. The van der Waals surface area contributed by atoms with Crippen molar-refractivity contribution in [3.05, 3.63) is 11.3 Å². The predicted molar refractivity (Wildman–Crippen MR) is 51.1 cm³/mol. The zero-order chi connectivity index (χ0) is 11.3. The van der Waals surface area contributed by atoms with Gasteiger partial charge in [-0.05, 0) is 0 Å². The molecule has 7 nitrogen and oxygen atoms in total. The molecule has 0 spiro atoms. The molecular weight excluding hydrogens is 202 g/mol. The summed E-state index contributed by atoms with van der Waals surface area (Å²) < 4.78 is 9.57. The van der Waals surface area contributed by atoms with Crippen LogP contribution in [0.4, 0.5) is 5.82 Å². The summed E-state index contributed by atoms with van der Waals surface area (Å²) in [5.74, 6) is -0.492. The lowest BCUT2D eigenvalue weighted by Gasteiger charge is -2.02. The van der Waals surface area contributed by atoms with Gasteiger partial charge in [0.15, 0.2) is 5.82 Å². The van der Waals surface area contributed by atoms with E-state index in [4.69, 9.17) is 15.6 Å². The van der Waals surface area contributed by atoms with Gasteiger partial charge in [0.1, 0.15) is 5.56 Å². The van der Waals surface area contributed by atoms with Gasteiger partial charge in [-0.2, -0.15) is 5.10 Å². The fourth-order valence-corrected chi connectivity index (χ4v) is 1.07. The molecule has 7 heteroatoms. The number of H-pyrrole nitrogens is 1. The highest BCUT2D eigenvalue weighted by atomic mass is 16.5. The quantitative estimate of drug-likeness (QED) is 0.442. The third kappa shape index (κ3) is 2.67. The maximum atomic E-state index is 11.3. The molecule has 0 fully saturated rings. The Labute approximate surface area is 86.2 Å². The van der Waals surface area contributed by atoms with E-state index in [-0.39, 0.29) is 31.2 Å². The second kappa shape index (κ2) is 5.32. The molecule has 0 unspecified atom stereocenters. The third-order valence-electron chi connectivity index (χ3n) is 1.74. The van der Waals surface area contributed by atoms with Crippen LogP contribution in [0, 0.1) is 0 Å². The number of nitrogens with zero attached hydrogens (tertiary/aromatic N) is 1. The number of carbonyl (C=O) groups excluding carboxylic acids is 1. The minimum atomic E-state index is -0.566. The van der Waals surface area contributed by atoms with Crippen molar-refractivity contribution < 1.29 is 19.4 Å². The van der Waals surface area contributed by atoms with Crippen molar-refractivity contribution in [3.63, 3.8) is 0 Å². The van der Waals surface area contributed by atoms with Crippen LogP contribution in [0.2, 0.25) is 0 Å². The normalized spacial score (nSPS) is 10.3. The number of aromatic nitrogens is 2. The number of aliphatic hydroxyl groups is 1. The smallest absolute Gasteiger partial charge is 0.343 e. The summed E-state index contributed by atoms with van der Waals surface area (Å²) in [6.07, 6.45) is 0. The first-order valence-corrected chi connectivity index (χ1v) is 4.30. The number of nitrogens with one attached hydrogen (secondary N) is 1. The van der Waals surface area contributed by atoms with Gasteiger partial charge < -0.3 is 20.3 Å². The minimum absolute atomic E-state index is 0.0736. The van der Waals surface area contributed by atoms with Gasteiger partial charge >= 0.3 is 5.97 Å². The maximum Gasteiger partial charge on any atom is 0.343 e. The van der Waals surface area contributed by atoms with Crippen LogP contribution >= 0.6 is 0 Å². The maximum absolute atomic E-state index is 11.3. The van der Waals surface area contributed by atoms with Crippen molar-refractivity contribution in [2.24, 2.45) is 0 Å². The number of nitrogen functional groups attached to an aromatic ring is 1. The van der Waals surface area contributed by atoms with Crippen LogP contribution in [0.3, 0.4) is 0 Å². The second-order valence-corrected chi connectivity index (χ2v) is 2.73. The van der Waals surface area contributed by atoms with E-state index >= 15 is 0 Å². The summed E-state index contributed by atoms with van der Waals surface area (Å²) in [6, 6.07) is 0. The van der Waals surface area contributed by atoms with E-state index in [1.54, 1.807) is 0 Å². The number of nitrogens with two attached hydrogens (primary N) is 1. The fraction of sp³-hybridized carbons (Fsp3) is 0.500. The summed E-state index contributed by atoms with van der Waals surface area (Å²) in [5.41, 5.74) is 6.09. The molecule has 0 saturated carbocycles. The topological polar surface area (TPSA) is 110 Å². The molecule has 1 rings (SSSR count). The Hall–Kier alpha value is -1.60. The molecule has 0 radical (unpaired) electrons. The third-order valence-corrected chi connectivity index (χ3v) is 1.74. The molecule has 1 aromatic rings. The monoisotopic (exact) mass is 215 g/mol. The van der Waals surface area contributed by atoms with Crippen molar-refractivity contribution in [1.29, 1.82) is 0 Å². The van der Waals surface area contributed by atoms with Gasteiger partial charge in [-0.25, -0.2) is 4.79 Å². The standard InChI is InChI=1S/C8H13N3O4/c1-14-8(13)6-5(4-15-3-2-12)10-11-7(6)9/h12H,2-4H2,1H3,(H3,9,10,11). The number of anilines is 1. The van der Waals surface area contributed by atoms with Crippen molar-refractivity contribution in [2.45, 2.75) is 6.61 Å². The molecule has 1 aromatic heterocycles. The summed E-state index contributed by atoms with van der Waals surface area (Å²) in [4.78, 5) is 11.3. The number of aromatic amines is 1. The first-order valence-electron chi connectivity index (χ1n) is 4.30. The lowest BCUT2D eigenvalue weighted by molar-refractivity contribution is 0.0584. The number of carbonyl (C=O) groups is 1. The van der Waals surface area contributed by atoms with Gasteiger partial charge in [-0.1, -0.05) is 0 Å². The Balaban J connectivity index is 2.75. The zero-order valence-corrected chi connectivity index (χ0v) is 8.32. The summed E-state index contributed by atoms with van der Waals surface area (Å²) in [5, 5.41) is 14.7. The van der Waals surface area contributed by atoms with Crippen LogP contribution in [0.15, 0.2) is 0 Å². The largest absolute Gasteiger partial charge is 0.465 e. The highest BCUT2D eigenvalue weighted by molar-refractivity contribution is 5.95. The van der Waals surface area contributed by atoms with Crippen molar-refractivity contribution in [2.75, 3.05) is 26.1 Å². The van der Waals surface area contributed by atoms with Gasteiger partial charge in [0.05, 0.1) is 32.6 Å².